The quantitative estimate of drug-likeness (QED) is 0.290. The minimum atomic E-state index is -1.03. The van der Waals surface area contributed by atoms with Gasteiger partial charge in [-0.15, -0.1) is 0 Å². The highest BCUT2D eigenvalue weighted by molar-refractivity contribution is 6.30. The van der Waals surface area contributed by atoms with Crippen LogP contribution in [0.3, 0.4) is 0 Å². The maximum Gasteiger partial charge on any atom is 0.326 e. The van der Waals surface area contributed by atoms with Gasteiger partial charge >= 0.3 is 6.03 Å². The van der Waals surface area contributed by atoms with Gasteiger partial charge in [0.05, 0.1) is 12.2 Å². The van der Waals surface area contributed by atoms with Crippen LogP contribution in [0.25, 0.3) is 0 Å². The van der Waals surface area contributed by atoms with Crippen LogP contribution in [-0.4, -0.2) is 83.3 Å². The van der Waals surface area contributed by atoms with Gasteiger partial charge in [-0.3, -0.25) is 19.7 Å². The molecule has 4 heterocycles. The molecule has 3 aromatic rings. The van der Waals surface area contributed by atoms with Crippen molar-refractivity contribution in [3.63, 3.8) is 0 Å². The molecule has 0 spiro atoms. The van der Waals surface area contributed by atoms with E-state index in [1.165, 1.54) is 0 Å². The summed E-state index contributed by atoms with van der Waals surface area (Å²) in [6.45, 7) is 16.8. The molecule has 266 valence electrons. The Kier molecular flexibility index (Phi) is 10.2. The first-order valence-electron chi connectivity index (χ1n) is 17.6. The third-order valence-electron chi connectivity index (χ3n) is 10.7. The largest absolute Gasteiger partial charge is 0.493 e. The molecule has 6 rings (SSSR count). The van der Waals surface area contributed by atoms with Crippen LogP contribution in [0, 0.1) is 5.92 Å². The SMILES string of the molecule is CCOc1cc(C(C)(C)C)ncc1C1=N[C@@](C)(c2ccc(Cl)cc2)[C@@](C)(c2ccc(Cl)cc2)N1C(=O)N1CCC(C(=O)N2CCNCC2)CC1. The van der Waals surface area contributed by atoms with E-state index in [0.29, 0.717) is 59.7 Å². The van der Waals surface area contributed by atoms with Crippen molar-refractivity contribution in [3.8, 4) is 5.75 Å². The second-order valence-electron chi connectivity index (χ2n) is 14.8. The number of rotatable bonds is 6. The Morgan fingerprint density at radius 2 is 1.48 bits per heavy atom. The van der Waals surface area contributed by atoms with Crippen LogP contribution in [0.4, 0.5) is 4.79 Å². The number of urea groups is 1. The predicted octanol–water partition coefficient (Wildman–Crippen LogP) is 7.24. The van der Waals surface area contributed by atoms with Crippen molar-refractivity contribution < 1.29 is 14.3 Å². The van der Waals surface area contributed by atoms with E-state index >= 15 is 4.79 Å². The van der Waals surface area contributed by atoms with Gasteiger partial charge < -0.3 is 19.9 Å². The van der Waals surface area contributed by atoms with E-state index in [-0.39, 0.29) is 23.3 Å². The minimum absolute atomic E-state index is 0.107. The topological polar surface area (TPSA) is 90.4 Å². The lowest BCUT2D eigenvalue weighted by Crippen LogP contribution is -2.59. The molecule has 2 atom stereocenters. The maximum atomic E-state index is 15.2. The smallest absolute Gasteiger partial charge is 0.326 e. The molecule has 0 bridgehead atoms. The highest BCUT2D eigenvalue weighted by Crippen LogP contribution is 2.54. The first kappa shape index (κ1) is 36.1. The molecule has 2 fully saturated rings. The summed E-state index contributed by atoms with van der Waals surface area (Å²) in [4.78, 5) is 44.7. The molecule has 50 heavy (non-hydrogen) atoms. The molecule has 11 heteroatoms. The van der Waals surface area contributed by atoms with E-state index in [4.69, 9.17) is 37.9 Å². The Balaban J connectivity index is 1.48. The predicted molar refractivity (Wildman–Crippen MR) is 199 cm³/mol. The van der Waals surface area contributed by atoms with Crippen LogP contribution in [-0.2, 0) is 21.3 Å². The average molecular weight is 720 g/mol. The number of carbonyl (C=O) groups is 2. The van der Waals surface area contributed by atoms with E-state index in [1.807, 2.05) is 76.2 Å². The van der Waals surface area contributed by atoms with Gasteiger partial charge in [-0.2, -0.15) is 0 Å². The number of aliphatic imine (C=N–C) groups is 1. The van der Waals surface area contributed by atoms with Gasteiger partial charge in [0.25, 0.3) is 0 Å². The zero-order chi connectivity index (χ0) is 35.8. The summed E-state index contributed by atoms with van der Waals surface area (Å²) in [6.07, 6.45) is 3.00. The van der Waals surface area contributed by atoms with Crippen molar-refractivity contribution in [1.29, 1.82) is 0 Å². The van der Waals surface area contributed by atoms with Gasteiger partial charge in [-0.25, -0.2) is 4.79 Å². The molecular weight excluding hydrogens is 671 g/mol. The highest BCUT2D eigenvalue weighted by Gasteiger charge is 2.60. The van der Waals surface area contributed by atoms with E-state index in [1.54, 1.807) is 6.20 Å². The second-order valence-corrected chi connectivity index (χ2v) is 15.7. The van der Waals surface area contributed by atoms with Crippen molar-refractivity contribution in [2.24, 2.45) is 10.9 Å². The summed E-state index contributed by atoms with van der Waals surface area (Å²) >= 11 is 12.8. The number of ether oxygens (including phenoxy) is 1. The van der Waals surface area contributed by atoms with Crippen molar-refractivity contribution in [2.45, 2.75) is 70.9 Å². The van der Waals surface area contributed by atoms with E-state index in [2.05, 4.69) is 39.9 Å². The summed E-state index contributed by atoms with van der Waals surface area (Å²) in [5.41, 5.74) is 1.04. The van der Waals surface area contributed by atoms with Gasteiger partial charge in [0, 0.05) is 78.6 Å². The molecule has 2 aromatic carbocycles. The molecule has 0 aliphatic carbocycles. The first-order chi connectivity index (χ1) is 23.8. The average Bonchev–Trinajstić information content (AvgIpc) is 3.36. The number of halogens is 2. The normalized spacial score (nSPS) is 23.2. The zero-order valence-electron chi connectivity index (χ0n) is 29.9. The Hall–Kier alpha value is -3.66. The second kappa shape index (κ2) is 14.2. The zero-order valence-corrected chi connectivity index (χ0v) is 31.4. The molecular formula is C39H48Cl2N6O3. The van der Waals surface area contributed by atoms with Gasteiger partial charge in [0.1, 0.15) is 22.7 Å². The van der Waals surface area contributed by atoms with Gasteiger partial charge in [0.2, 0.25) is 5.91 Å². The van der Waals surface area contributed by atoms with Gasteiger partial charge in [-0.1, -0.05) is 68.2 Å². The molecule has 2 saturated heterocycles. The third kappa shape index (κ3) is 6.60. The van der Waals surface area contributed by atoms with Crippen LogP contribution in [0.1, 0.15) is 76.8 Å². The minimum Gasteiger partial charge on any atom is -0.493 e. The number of nitrogens with zero attached hydrogens (tertiary/aromatic N) is 5. The Morgan fingerprint density at radius 1 is 0.900 bits per heavy atom. The standard InChI is InChI=1S/C39H48Cl2N6O3/c1-7-50-32-24-33(37(2,3)4)43-25-31(32)34-44-38(5,27-8-12-29(40)13-9-27)39(6,28-10-14-30(41)15-11-28)47(34)36(49)46-20-16-26(17-21-46)35(48)45-22-18-42-19-23-45/h8-15,24-26,42H,7,16-23H2,1-6H3/t38-,39+/m0/s1. The Labute approximate surface area is 306 Å². The van der Waals surface area contributed by atoms with Crippen molar-refractivity contribution in [3.05, 3.63) is 93.2 Å². The lowest BCUT2D eigenvalue weighted by Gasteiger charge is -2.47. The van der Waals surface area contributed by atoms with Crippen LogP contribution in [0.5, 0.6) is 5.75 Å². The number of carbonyl (C=O) groups excluding carboxylic acids is 2. The van der Waals surface area contributed by atoms with Crippen molar-refractivity contribution >= 4 is 41.0 Å². The van der Waals surface area contributed by atoms with Crippen LogP contribution < -0.4 is 10.1 Å². The molecule has 3 amide bonds. The lowest BCUT2D eigenvalue weighted by molar-refractivity contribution is -0.137. The number of aromatic nitrogens is 1. The molecule has 3 aliphatic rings. The van der Waals surface area contributed by atoms with Crippen molar-refractivity contribution in [1.82, 2.24) is 25.0 Å². The third-order valence-corrected chi connectivity index (χ3v) is 11.2. The maximum absolute atomic E-state index is 15.2. The number of hydrogen-bond donors (Lipinski definition) is 1. The number of amides is 3. The number of piperidine rings is 1. The molecule has 0 radical (unpaired) electrons. The summed E-state index contributed by atoms with van der Waals surface area (Å²) < 4.78 is 6.28. The first-order valence-corrected chi connectivity index (χ1v) is 18.4. The van der Waals surface area contributed by atoms with Crippen molar-refractivity contribution in [2.75, 3.05) is 45.9 Å². The lowest BCUT2D eigenvalue weighted by atomic mass is 9.71. The molecule has 0 saturated carbocycles. The number of hydrogen-bond acceptors (Lipinski definition) is 6. The summed E-state index contributed by atoms with van der Waals surface area (Å²) in [7, 11) is 0. The molecule has 3 aliphatic heterocycles. The Morgan fingerprint density at radius 3 is 2.04 bits per heavy atom. The van der Waals surface area contributed by atoms with Gasteiger partial charge in [0.15, 0.2) is 0 Å². The molecule has 0 unspecified atom stereocenters. The van der Waals surface area contributed by atoms with Gasteiger partial charge in [-0.05, 0) is 69.0 Å². The summed E-state index contributed by atoms with van der Waals surface area (Å²) in [6, 6.07) is 17.1. The summed E-state index contributed by atoms with van der Waals surface area (Å²) in [5.74, 6) is 1.17. The Bertz CT molecular complexity index is 1740. The highest BCUT2D eigenvalue weighted by atomic mass is 35.5. The van der Waals surface area contributed by atoms with Crippen LogP contribution in [0.15, 0.2) is 65.8 Å². The van der Waals surface area contributed by atoms with E-state index < -0.39 is 11.1 Å². The fraction of sp³-hybridized carbons (Fsp3) is 0.487. The fourth-order valence-electron chi connectivity index (χ4n) is 7.46. The number of likely N-dealkylation sites (tertiary alicyclic amines) is 1. The molecule has 1 N–H and O–H groups in total. The fourth-order valence-corrected chi connectivity index (χ4v) is 7.71. The van der Waals surface area contributed by atoms with Crippen LogP contribution >= 0.6 is 23.2 Å². The van der Waals surface area contributed by atoms with Crippen LogP contribution in [0.2, 0.25) is 10.0 Å². The van der Waals surface area contributed by atoms with E-state index in [9.17, 15) is 4.79 Å². The number of amidine groups is 1. The molecule has 9 nitrogen and oxygen atoms in total. The number of pyridine rings is 1. The number of nitrogens with one attached hydrogen (secondary N) is 1. The number of piperazine rings is 1. The van der Waals surface area contributed by atoms with E-state index in [0.717, 1.165) is 43.0 Å². The summed E-state index contributed by atoms with van der Waals surface area (Å²) in [5, 5.41) is 4.53. The number of benzene rings is 2. The monoisotopic (exact) mass is 718 g/mol. The molecule has 1 aromatic heterocycles.